The third kappa shape index (κ3) is 2.56. The van der Waals surface area contributed by atoms with Crippen molar-refractivity contribution >= 4 is 10.0 Å². The molecule has 0 aromatic rings. The highest BCUT2D eigenvalue weighted by Crippen LogP contribution is 2.21. The second kappa shape index (κ2) is 4.91. The summed E-state index contributed by atoms with van der Waals surface area (Å²) in [5.41, 5.74) is 0. The molecule has 0 aliphatic carbocycles. The van der Waals surface area contributed by atoms with Gasteiger partial charge in [0.05, 0.1) is 12.4 Å². The zero-order valence-electron chi connectivity index (χ0n) is 8.22. The van der Waals surface area contributed by atoms with Crippen molar-refractivity contribution < 1.29 is 13.5 Å². The normalized spacial score (nSPS) is 26.5. The molecule has 82 valence electrons. The molecule has 1 saturated heterocycles. The quantitative estimate of drug-likeness (QED) is 0.536. The van der Waals surface area contributed by atoms with Gasteiger partial charge < -0.3 is 5.11 Å². The summed E-state index contributed by atoms with van der Waals surface area (Å²) in [6.07, 6.45) is 3.91. The molecule has 1 N–H and O–H groups in total. The van der Waals surface area contributed by atoms with Crippen LogP contribution in [0.3, 0.4) is 0 Å². The van der Waals surface area contributed by atoms with Crippen molar-refractivity contribution in [2.75, 3.05) is 18.9 Å². The first kappa shape index (κ1) is 11.7. The number of aliphatic hydroxyl groups excluding tert-OH is 1. The summed E-state index contributed by atoms with van der Waals surface area (Å²) >= 11 is 0. The van der Waals surface area contributed by atoms with Gasteiger partial charge in [-0.2, -0.15) is 4.31 Å². The highest BCUT2D eigenvalue weighted by molar-refractivity contribution is 7.89. The Morgan fingerprint density at radius 3 is 2.86 bits per heavy atom. The van der Waals surface area contributed by atoms with Crippen LogP contribution in [-0.4, -0.2) is 42.8 Å². The lowest BCUT2D eigenvalue weighted by Gasteiger charge is -2.20. The van der Waals surface area contributed by atoms with Gasteiger partial charge in [0.15, 0.2) is 0 Å². The molecule has 14 heavy (non-hydrogen) atoms. The molecule has 1 aliphatic rings. The van der Waals surface area contributed by atoms with Crippen molar-refractivity contribution in [3.8, 4) is 0 Å². The Morgan fingerprint density at radius 2 is 2.29 bits per heavy atom. The van der Waals surface area contributed by atoms with E-state index < -0.39 is 10.0 Å². The van der Waals surface area contributed by atoms with Crippen LogP contribution < -0.4 is 0 Å². The van der Waals surface area contributed by atoms with E-state index in [1.807, 2.05) is 0 Å². The third-order valence-corrected chi connectivity index (χ3v) is 4.42. The summed E-state index contributed by atoms with van der Waals surface area (Å²) in [7, 11) is -3.09. The summed E-state index contributed by atoms with van der Waals surface area (Å²) < 4.78 is 24.5. The number of rotatable bonds is 5. The maximum absolute atomic E-state index is 11.5. The summed E-state index contributed by atoms with van der Waals surface area (Å²) in [6.45, 7) is 4.01. The van der Waals surface area contributed by atoms with E-state index in [-0.39, 0.29) is 18.4 Å². The second-order valence-corrected chi connectivity index (χ2v) is 5.52. The van der Waals surface area contributed by atoms with Gasteiger partial charge in [-0.1, -0.05) is 6.08 Å². The van der Waals surface area contributed by atoms with Gasteiger partial charge in [0.25, 0.3) is 0 Å². The molecule has 1 fully saturated rings. The summed E-state index contributed by atoms with van der Waals surface area (Å²) in [6, 6.07) is -0.204. The summed E-state index contributed by atoms with van der Waals surface area (Å²) in [4.78, 5) is 0. The van der Waals surface area contributed by atoms with E-state index in [9.17, 15) is 8.42 Å². The second-order valence-electron chi connectivity index (χ2n) is 3.48. The molecule has 0 spiro atoms. The van der Waals surface area contributed by atoms with E-state index in [1.165, 1.54) is 4.31 Å². The van der Waals surface area contributed by atoms with Gasteiger partial charge in [-0.25, -0.2) is 8.42 Å². The maximum Gasteiger partial charge on any atom is 0.214 e. The van der Waals surface area contributed by atoms with E-state index in [0.29, 0.717) is 13.0 Å². The van der Waals surface area contributed by atoms with Crippen LogP contribution in [0.5, 0.6) is 0 Å². The topological polar surface area (TPSA) is 57.6 Å². The van der Waals surface area contributed by atoms with Gasteiger partial charge in [0.2, 0.25) is 10.0 Å². The monoisotopic (exact) mass is 219 g/mol. The van der Waals surface area contributed by atoms with Crippen LogP contribution >= 0.6 is 0 Å². The number of sulfonamides is 1. The fourth-order valence-corrected chi connectivity index (χ4v) is 3.51. The van der Waals surface area contributed by atoms with Crippen LogP contribution in [0.2, 0.25) is 0 Å². The molecular formula is C9H17NO3S. The highest BCUT2D eigenvalue weighted by Gasteiger charge is 2.35. The first-order chi connectivity index (χ1) is 6.61. The zero-order valence-corrected chi connectivity index (χ0v) is 9.04. The van der Waals surface area contributed by atoms with Gasteiger partial charge in [-0.05, 0) is 19.3 Å². The number of nitrogens with zero attached hydrogens (tertiary/aromatic N) is 1. The molecule has 1 heterocycles. The van der Waals surface area contributed by atoms with Gasteiger partial charge in [-0.15, -0.1) is 6.58 Å². The van der Waals surface area contributed by atoms with E-state index in [4.69, 9.17) is 5.11 Å². The van der Waals surface area contributed by atoms with Crippen molar-refractivity contribution in [2.45, 2.75) is 25.3 Å². The maximum atomic E-state index is 11.5. The molecule has 0 amide bonds. The van der Waals surface area contributed by atoms with E-state index >= 15 is 0 Å². The standard InChI is InChI=1S/C9H17NO3S/c1-2-3-4-6-10-9(8-11)5-7-14(10,12)13/h2,9,11H,1,3-8H2. The largest absolute Gasteiger partial charge is 0.395 e. The summed E-state index contributed by atoms with van der Waals surface area (Å²) in [5.74, 6) is 0.173. The Kier molecular flexibility index (Phi) is 4.10. The third-order valence-electron chi connectivity index (χ3n) is 2.47. The van der Waals surface area contributed by atoms with Crippen molar-refractivity contribution in [1.29, 1.82) is 0 Å². The predicted molar refractivity (Wildman–Crippen MR) is 55.4 cm³/mol. The molecule has 0 aromatic carbocycles. The lowest BCUT2D eigenvalue weighted by molar-refractivity contribution is 0.195. The number of hydrogen-bond acceptors (Lipinski definition) is 3. The van der Waals surface area contributed by atoms with Gasteiger partial charge in [-0.3, -0.25) is 0 Å². The molecule has 0 saturated carbocycles. The first-order valence-electron chi connectivity index (χ1n) is 4.83. The molecule has 4 nitrogen and oxygen atoms in total. The van der Waals surface area contributed by atoms with Crippen molar-refractivity contribution in [3.05, 3.63) is 12.7 Å². The molecule has 1 rings (SSSR count). The zero-order chi connectivity index (χ0) is 10.6. The van der Waals surface area contributed by atoms with Crippen molar-refractivity contribution in [1.82, 2.24) is 4.31 Å². The number of unbranched alkanes of at least 4 members (excludes halogenated alkanes) is 1. The molecule has 1 aliphatic heterocycles. The molecule has 1 atom stereocenters. The minimum Gasteiger partial charge on any atom is -0.395 e. The van der Waals surface area contributed by atoms with Crippen LogP contribution in [0.25, 0.3) is 0 Å². The van der Waals surface area contributed by atoms with E-state index in [2.05, 4.69) is 6.58 Å². The van der Waals surface area contributed by atoms with Crippen molar-refractivity contribution in [3.63, 3.8) is 0 Å². The molecule has 5 heteroatoms. The van der Waals surface area contributed by atoms with E-state index in [0.717, 1.165) is 12.8 Å². The summed E-state index contributed by atoms with van der Waals surface area (Å²) in [5, 5.41) is 9.00. The Balaban J connectivity index is 2.56. The Labute approximate surface area is 85.3 Å². The van der Waals surface area contributed by atoms with Crippen LogP contribution in [0.15, 0.2) is 12.7 Å². The Bertz CT molecular complexity index is 286. The van der Waals surface area contributed by atoms with E-state index in [1.54, 1.807) is 6.08 Å². The van der Waals surface area contributed by atoms with Gasteiger partial charge in [0.1, 0.15) is 0 Å². The molecule has 0 aromatic heterocycles. The number of hydrogen-bond donors (Lipinski definition) is 1. The van der Waals surface area contributed by atoms with Crippen LogP contribution in [0, 0.1) is 0 Å². The Hall–Kier alpha value is -0.390. The lowest BCUT2D eigenvalue weighted by Crippen LogP contribution is -2.36. The highest BCUT2D eigenvalue weighted by atomic mass is 32.2. The Morgan fingerprint density at radius 1 is 1.57 bits per heavy atom. The van der Waals surface area contributed by atoms with Gasteiger partial charge in [0, 0.05) is 12.6 Å². The minimum absolute atomic E-state index is 0.0761. The predicted octanol–water partition coefficient (Wildman–Crippen LogP) is 0.349. The van der Waals surface area contributed by atoms with Crippen LogP contribution in [0.4, 0.5) is 0 Å². The number of allylic oxidation sites excluding steroid dienone is 1. The smallest absolute Gasteiger partial charge is 0.214 e. The molecule has 1 unspecified atom stereocenters. The SMILES string of the molecule is C=CCCCN1C(CO)CCS1(=O)=O. The number of aliphatic hydroxyl groups is 1. The van der Waals surface area contributed by atoms with Crippen LogP contribution in [-0.2, 0) is 10.0 Å². The fourth-order valence-electron chi connectivity index (χ4n) is 1.67. The van der Waals surface area contributed by atoms with Gasteiger partial charge >= 0.3 is 0 Å². The first-order valence-corrected chi connectivity index (χ1v) is 6.44. The average Bonchev–Trinajstić information content (AvgIpc) is 2.43. The lowest BCUT2D eigenvalue weighted by atomic mass is 10.2. The molecular weight excluding hydrogens is 202 g/mol. The minimum atomic E-state index is -3.09. The van der Waals surface area contributed by atoms with Crippen LogP contribution in [0.1, 0.15) is 19.3 Å². The molecule has 0 radical (unpaired) electrons. The average molecular weight is 219 g/mol. The molecule has 0 bridgehead atoms. The van der Waals surface area contributed by atoms with Crippen molar-refractivity contribution in [2.24, 2.45) is 0 Å². The fraction of sp³-hybridized carbons (Fsp3) is 0.778.